The van der Waals surface area contributed by atoms with Crippen molar-refractivity contribution in [3.8, 4) is 0 Å². The Bertz CT molecular complexity index is 455. The molecule has 0 atom stereocenters. The maximum Gasteiger partial charge on any atom is 0.126 e. The van der Waals surface area contributed by atoms with Gasteiger partial charge in [-0.05, 0) is 48.8 Å². The zero-order valence-corrected chi connectivity index (χ0v) is 13.9. The number of nitrogens with one attached hydrogen (secondary N) is 1. The van der Waals surface area contributed by atoms with Gasteiger partial charge >= 0.3 is 0 Å². The maximum atomic E-state index is 11.5. The molecule has 110 valence electrons. The molecule has 20 heavy (non-hydrogen) atoms. The summed E-state index contributed by atoms with van der Waals surface area (Å²) in [5, 5.41) is 3.77. The highest BCUT2D eigenvalue weighted by molar-refractivity contribution is 9.10. The smallest absolute Gasteiger partial charge is 0.126 e. The molecule has 0 radical (unpaired) electrons. The lowest BCUT2D eigenvalue weighted by atomic mass is 9.77. The van der Waals surface area contributed by atoms with E-state index in [9.17, 15) is 4.79 Å². The van der Waals surface area contributed by atoms with Gasteiger partial charge in [-0.3, -0.25) is 4.98 Å². The average Bonchev–Trinajstić information content (AvgIpc) is 2.46. The molecule has 1 saturated heterocycles. The van der Waals surface area contributed by atoms with Crippen LogP contribution < -0.4 is 10.2 Å². The van der Waals surface area contributed by atoms with E-state index in [1.165, 1.54) is 0 Å². The summed E-state index contributed by atoms with van der Waals surface area (Å²) in [4.78, 5) is 17.8. The van der Waals surface area contributed by atoms with Crippen molar-refractivity contribution in [2.75, 3.05) is 31.6 Å². The van der Waals surface area contributed by atoms with Crippen LogP contribution in [0.4, 0.5) is 5.69 Å². The number of nitrogens with zero attached hydrogens (tertiary/aromatic N) is 2. The van der Waals surface area contributed by atoms with Crippen molar-refractivity contribution in [2.24, 2.45) is 5.41 Å². The summed E-state index contributed by atoms with van der Waals surface area (Å²) in [7, 11) is 1.92. The second-order valence-corrected chi connectivity index (χ2v) is 6.53. The van der Waals surface area contributed by atoms with E-state index < -0.39 is 0 Å². The molecule has 0 unspecified atom stereocenters. The number of carbonyl (C=O) groups is 1. The second kappa shape index (κ2) is 6.87. The lowest BCUT2D eigenvalue weighted by molar-refractivity contribution is -0.117. The van der Waals surface area contributed by atoms with Gasteiger partial charge in [-0.25, -0.2) is 0 Å². The molecule has 1 aromatic rings. The van der Waals surface area contributed by atoms with E-state index in [1.807, 2.05) is 7.05 Å². The van der Waals surface area contributed by atoms with E-state index in [0.29, 0.717) is 5.02 Å². The number of halogens is 2. The minimum Gasteiger partial charge on any atom is -0.369 e. The normalized spacial score (nSPS) is 18.1. The van der Waals surface area contributed by atoms with Crippen LogP contribution in [0.2, 0.25) is 5.02 Å². The predicted octanol–water partition coefficient (Wildman–Crippen LogP) is 2.89. The van der Waals surface area contributed by atoms with Crippen LogP contribution in [0.15, 0.2) is 16.9 Å². The minimum atomic E-state index is -0.189. The van der Waals surface area contributed by atoms with E-state index in [0.717, 1.165) is 55.3 Å². The standard InChI is InChI=1S/C14H19BrClN3O/c1-17-5-2-14(10-20)3-6-19(7-4-14)13-11(15)8-18-9-12(13)16/h8-10,17H,2-7H2,1H3. The summed E-state index contributed by atoms with van der Waals surface area (Å²) in [5.41, 5.74) is 0.792. The Balaban J connectivity index is 2.09. The van der Waals surface area contributed by atoms with Gasteiger partial charge in [0.1, 0.15) is 6.29 Å². The summed E-state index contributed by atoms with van der Waals surface area (Å²) in [6.45, 7) is 2.55. The molecule has 0 amide bonds. The first-order chi connectivity index (χ1) is 9.62. The van der Waals surface area contributed by atoms with Gasteiger partial charge in [0.2, 0.25) is 0 Å². The Labute approximate surface area is 133 Å². The number of piperidine rings is 1. The van der Waals surface area contributed by atoms with Gasteiger partial charge in [0, 0.05) is 30.9 Å². The quantitative estimate of drug-likeness (QED) is 0.820. The molecule has 1 N–H and O–H groups in total. The minimum absolute atomic E-state index is 0.189. The number of rotatable bonds is 5. The van der Waals surface area contributed by atoms with E-state index in [1.54, 1.807) is 12.4 Å². The number of aromatic nitrogens is 1. The van der Waals surface area contributed by atoms with Crippen molar-refractivity contribution < 1.29 is 4.79 Å². The lowest BCUT2D eigenvalue weighted by Crippen LogP contribution is -2.42. The molecule has 1 aliphatic rings. The number of pyridine rings is 1. The Morgan fingerprint density at radius 3 is 2.75 bits per heavy atom. The molecule has 0 spiro atoms. The molecule has 0 saturated carbocycles. The average molecular weight is 361 g/mol. The molecule has 1 aliphatic heterocycles. The zero-order chi connectivity index (χ0) is 14.6. The maximum absolute atomic E-state index is 11.5. The van der Waals surface area contributed by atoms with Crippen LogP contribution in [0.3, 0.4) is 0 Å². The molecular weight excluding hydrogens is 342 g/mol. The number of hydrogen-bond acceptors (Lipinski definition) is 4. The molecule has 0 bridgehead atoms. The van der Waals surface area contributed by atoms with Gasteiger partial charge in [0.25, 0.3) is 0 Å². The number of anilines is 1. The number of hydrogen-bond donors (Lipinski definition) is 1. The van der Waals surface area contributed by atoms with E-state index in [-0.39, 0.29) is 5.41 Å². The van der Waals surface area contributed by atoms with E-state index in [4.69, 9.17) is 11.6 Å². The third-order valence-electron chi connectivity index (χ3n) is 4.03. The second-order valence-electron chi connectivity index (χ2n) is 5.27. The third kappa shape index (κ3) is 3.32. The summed E-state index contributed by atoms with van der Waals surface area (Å²) < 4.78 is 0.902. The predicted molar refractivity (Wildman–Crippen MR) is 85.4 cm³/mol. The van der Waals surface area contributed by atoms with Crippen molar-refractivity contribution in [1.82, 2.24) is 10.3 Å². The van der Waals surface area contributed by atoms with Crippen molar-refractivity contribution in [3.05, 3.63) is 21.9 Å². The first-order valence-corrected chi connectivity index (χ1v) is 7.94. The summed E-state index contributed by atoms with van der Waals surface area (Å²) in [6.07, 6.45) is 7.18. The molecule has 1 fully saturated rings. The highest BCUT2D eigenvalue weighted by Crippen LogP contribution is 2.39. The van der Waals surface area contributed by atoms with E-state index in [2.05, 4.69) is 31.1 Å². The van der Waals surface area contributed by atoms with Gasteiger partial charge in [0.15, 0.2) is 0 Å². The zero-order valence-electron chi connectivity index (χ0n) is 11.5. The first kappa shape index (κ1) is 15.7. The van der Waals surface area contributed by atoms with Crippen LogP contribution in [0.5, 0.6) is 0 Å². The van der Waals surface area contributed by atoms with Crippen LogP contribution in [0, 0.1) is 5.41 Å². The first-order valence-electron chi connectivity index (χ1n) is 6.77. The fourth-order valence-corrected chi connectivity index (χ4v) is 3.66. The molecule has 1 aromatic heterocycles. The highest BCUT2D eigenvalue weighted by Gasteiger charge is 2.34. The monoisotopic (exact) mass is 359 g/mol. The van der Waals surface area contributed by atoms with Crippen molar-refractivity contribution >= 4 is 39.5 Å². The van der Waals surface area contributed by atoms with Gasteiger partial charge in [0.05, 0.1) is 15.2 Å². The Morgan fingerprint density at radius 2 is 2.20 bits per heavy atom. The number of carbonyl (C=O) groups excluding carboxylic acids is 1. The van der Waals surface area contributed by atoms with Gasteiger partial charge < -0.3 is 15.0 Å². The molecule has 0 aliphatic carbocycles. The van der Waals surface area contributed by atoms with E-state index >= 15 is 0 Å². The molecule has 0 aromatic carbocycles. The van der Waals surface area contributed by atoms with Crippen molar-refractivity contribution in [3.63, 3.8) is 0 Å². The largest absolute Gasteiger partial charge is 0.369 e. The van der Waals surface area contributed by atoms with Crippen LogP contribution in [-0.4, -0.2) is 38.0 Å². The molecule has 4 nitrogen and oxygen atoms in total. The Morgan fingerprint density at radius 1 is 1.50 bits per heavy atom. The van der Waals surface area contributed by atoms with Crippen LogP contribution >= 0.6 is 27.5 Å². The fraction of sp³-hybridized carbons (Fsp3) is 0.571. The van der Waals surface area contributed by atoms with Crippen molar-refractivity contribution in [2.45, 2.75) is 19.3 Å². The molecule has 6 heteroatoms. The topological polar surface area (TPSA) is 45.2 Å². The fourth-order valence-electron chi connectivity index (χ4n) is 2.68. The van der Waals surface area contributed by atoms with Crippen LogP contribution in [-0.2, 0) is 4.79 Å². The van der Waals surface area contributed by atoms with Crippen molar-refractivity contribution in [1.29, 1.82) is 0 Å². The highest BCUT2D eigenvalue weighted by atomic mass is 79.9. The van der Waals surface area contributed by atoms with Gasteiger partial charge in [-0.1, -0.05) is 11.6 Å². The van der Waals surface area contributed by atoms with Gasteiger partial charge in [-0.15, -0.1) is 0 Å². The molecule has 2 rings (SSSR count). The number of aldehydes is 1. The summed E-state index contributed by atoms with van der Waals surface area (Å²) in [5.74, 6) is 0. The lowest BCUT2D eigenvalue weighted by Gasteiger charge is -2.40. The van der Waals surface area contributed by atoms with Crippen LogP contribution in [0.1, 0.15) is 19.3 Å². The van der Waals surface area contributed by atoms with Crippen LogP contribution in [0.25, 0.3) is 0 Å². The Hall–Kier alpha value is -0.650. The SMILES string of the molecule is CNCCC1(C=O)CCN(c2c(Cl)cncc2Br)CC1. The van der Waals surface area contributed by atoms with Gasteiger partial charge in [-0.2, -0.15) is 0 Å². The third-order valence-corrected chi connectivity index (χ3v) is 4.88. The Kier molecular flexibility index (Phi) is 5.41. The summed E-state index contributed by atoms with van der Waals surface area (Å²) >= 11 is 9.74. The molecular formula is C14H19BrClN3O. The summed E-state index contributed by atoms with van der Waals surface area (Å²) in [6, 6.07) is 0. The molecule has 2 heterocycles.